The molecule has 0 saturated heterocycles. The van der Waals surface area contributed by atoms with Crippen LogP contribution in [0.1, 0.15) is 34.7 Å². The SMILES string of the molecule is Cc1ccccc1[N+]1=Cc2cccc(C(C)(c3ccccc3)c3ccccc3)c2OC1. The Hall–Kier alpha value is -3.65. The maximum atomic E-state index is 6.46. The van der Waals surface area contributed by atoms with Crippen LogP contribution in [0.4, 0.5) is 5.69 Å². The van der Waals surface area contributed by atoms with Crippen molar-refractivity contribution in [3.8, 4) is 5.75 Å². The lowest BCUT2D eigenvalue weighted by atomic mass is 9.70. The maximum absolute atomic E-state index is 6.46. The molecule has 5 rings (SSSR count). The van der Waals surface area contributed by atoms with E-state index in [4.69, 9.17) is 4.74 Å². The molecule has 152 valence electrons. The van der Waals surface area contributed by atoms with Gasteiger partial charge in [0.2, 0.25) is 5.69 Å². The smallest absolute Gasteiger partial charge is 0.292 e. The van der Waals surface area contributed by atoms with Gasteiger partial charge in [-0.25, -0.2) is 0 Å². The molecule has 1 aliphatic rings. The lowest BCUT2D eigenvalue weighted by Gasteiger charge is -2.34. The van der Waals surface area contributed by atoms with Crippen molar-refractivity contribution >= 4 is 11.9 Å². The summed E-state index contributed by atoms with van der Waals surface area (Å²) in [6.07, 6.45) is 2.21. The van der Waals surface area contributed by atoms with Crippen molar-refractivity contribution in [3.05, 3.63) is 131 Å². The zero-order valence-electron chi connectivity index (χ0n) is 18.0. The fraction of sp³-hybridized carbons (Fsp3) is 0.138. The fourth-order valence-electron chi connectivity index (χ4n) is 4.60. The summed E-state index contributed by atoms with van der Waals surface area (Å²) >= 11 is 0. The molecule has 1 heterocycles. The van der Waals surface area contributed by atoms with E-state index in [1.807, 2.05) is 0 Å². The second-order valence-corrected chi connectivity index (χ2v) is 8.24. The largest absolute Gasteiger partial charge is 0.435 e. The van der Waals surface area contributed by atoms with Crippen LogP contribution in [-0.4, -0.2) is 17.5 Å². The number of aryl methyl sites for hydroxylation is 1. The van der Waals surface area contributed by atoms with E-state index in [1.165, 1.54) is 27.9 Å². The molecule has 0 amide bonds. The van der Waals surface area contributed by atoms with Crippen LogP contribution in [0.5, 0.6) is 5.75 Å². The molecule has 0 aliphatic carbocycles. The first-order valence-electron chi connectivity index (χ1n) is 10.7. The summed E-state index contributed by atoms with van der Waals surface area (Å²) in [4.78, 5) is 0. The number of fused-ring (bicyclic) bond motifs is 1. The molecule has 2 heteroatoms. The van der Waals surface area contributed by atoms with Crippen LogP contribution >= 0.6 is 0 Å². The average Bonchev–Trinajstić information content (AvgIpc) is 2.84. The quantitative estimate of drug-likeness (QED) is 0.281. The molecule has 0 unspecified atom stereocenters. The van der Waals surface area contributed by atoms with Crippen molar-refractivity contribution in [2.75, 3.05) is 6.73 Å². The Labute approximate surface area is 184 Å². The summed E-state index contributed by atoms with van der Waals surface area (Å²) in [5.74, 6) is 0.961. The van der Waals surface area contributed by atoms with Gasteiger partial charge in [0, 0.05) is 22.6 Å². The second kappa shape index (κ2) is 7.88. The Morgan fingerprint density at radius 3 is 1.97 bits per heavy atom. The number of hydrogen-bond acceptors (Lipinski definition) is 1. The molecule has 0 fully saturated rings. The molecule has 0 bridgehead atoms. The van der Waals surface area contributed by atoms with E-state index in [-0.39, 0.29) is 5.41 Å². The monoisotopic (exact) mass is 404 g/mol. The molecular formula is C29H26NO+. The Morgan fingerprint density at radius 2 is 1.32 bits per heavy atom. The van der Waals surface area contributed by atoms with E-state index in [1.54, 1.807) is 0 Å². The predicted molar refractivity (Wildman–Crippen MR) is 127 cm³/mol. The minimum atomic E-state index is -0.327. The van der Waals surface area contributed by atoms with Crippen molar-refractivity contribution in [1.82, 2.24) is 0 Å². The van der Waals surface area contributed by atoms with Crippen LogP contribution in [-0.2, 0) is 5.41 Å². The number of benzene rings is 4. The van der Waals surface area contributed by atoms with Crippen molar-refractivity contribution in [1.29, 1.82) is 0 Å². The third-order valence-electron chi connectivity index (χ3n) is 6.35. The summed E-state index contributed by atoms with van der Waals surface area (Å²) in [7, 11) is 0. The highest BCUT2D eigenvalue weighted by Crippen LogP contribution is 2.44. The number of rotatable bonds is 4. The number of para-hydroxylation sites is 2. The molecule has 4 aromatic rings. The predicted octanol–water partition coefficient (Wildman–Crippen LogP) is 6.46. The first-order valence-corrected chi connectivity index (χ1v) is 10.7. The van der Waals surface area contributed by atoms with Crippen LogP contribution in [0.3, 0.4) is 0 Å². The van der Waals surface area contributed by atoms with Crippen LogP contribution in [0.15, 0.2) is 103 Å². The van der Waals surface area contributed by atoms with E-state index >= 15 is 0 Å². The highest BCUT2D eigenvalue weighted by atomic mass is 16.5. The molecule has 4 aromatic carbocycles. The van der Waals surface area contributed by atoms with Crippen molar-refractivity contribution in [2.24, 2.45) is 0 Å². The molecular weight excluding hydrogens is 378 g/mol. The van der Waals surface area contributed by atoms with E-state index in [0.717, 1.165) is 11.3 Å². The van der Waals surface area contributed by atoms with Crippen LogP contribution in [0.2, 0.25) is 0 Å². The first-order chi connectivity index (χ1) is 15.2. The van der Waals surface area contributed by atoms with Gasteiger partial charge in [0.1, 0.15) is 5.75 Å². The summed E-state index contributed by atoms with van der Waals surface area (Å²) < 4.78 is 8.64. The van der Waals surface area contributed by atoms with Gasteiger partial charge in [0.25, 0.3) is 6.73 Å². The van der Waals surface area contributed by atoms with Gasteiger partial charge in [-0.2, -0.15) is 4.58 Å². The molecule has 31 heavy (non-hydrogen) atoms. The standard InChI is InChI=1S/C29H26NO/c1-22-12-9-10-19-27(22)30-20-23-13-11-18-26(28(23)31-21-30)29(2,24-14-5-3-6-15-24)25-16-7-4-8-17-25/h3-20H,21H2,1-2H3/q+1. The Bertz CT molecular complexity index is 1200. The molecule has 0 aromatic heterocycles. The zero-order chi connectivity index (χ0) is 21.3. The van der Waals surface area contributed by atoms with Crippen LogP contribution in [0.25, 0.3) is 0 Å². The summed E-state index contributed by atoms with van der Waals surface area (Å²) in [6.45, 7) is 4.93. The van der Waals surface area contributed by atoms with Gasteiger partial charge < -0.3 is 4.74 Å². The summed E-state index contributed by atoms with van der Waals surface area (Å²) in [6, 6.07) is 36.3. The Balaban J connectivity index is 1.69. The highest BCUT2D eigenvalue weighted by Gasteiger charge is 2.36. The van der Waals surface area contributed by atoms with Crippen LogP contribution < -0.4 is 4.74 Å². The van der Waals surface area contributed by atoms with Gasteiger partial charge in [-0.1, -0.05) is 91.0 Å². The fourth-order valence-corrected chi connectivity index (χ4v) is 4.60. The van der Waals surface area contributed by atoms with E-state index in [2.05, 4.69) is 128 Å². The first kappa shape index (κ1) is 19.3. The molecule has 0 spiro atoms. The average molecular weight is 405 g/mol. The molecule has 0 saturated carbocycles. The second-order valence-electron chi connectivity index (χ2n) is 8.24. The third-order valence-corrected chi connectivity index (χ3v) is 6.35. The van der Waals surface area contributed by atoms with Gasteiger partial charge >= 0.3 is 0 Å². The molecule has 0 N–H and O–H groups in total. The highest BCUT2D eigenvalue weighted by molar-refractivity contribution is 5.83. The van der Waals surface area contributed by atoms with E-state index < -0.39 is 0 Å². The molecule has 2 nitrogen and oxygen atoms in total. The van der Waals surface area contributed by atoms with E-state index in [9.17, 15) is 0 Å². The van der Waals surface area contributed by atoms with Crippen LogP contribution in [0, 0.1) is 6.92 Å². The van der Waals surface area contributed by atoms with Crippen molar-refractivity contribution < 1.29 is 9.31 Å². The number of nitrogens with zero attached hydrogens (tertiary/aromatic N) is 1. The van der Waals surface area contributed by atoms with Crippen molar-refractivity contribution in [3.63, 3.8) is 0 Å². The Morgan fingerprint density at radius 1 is 0.710 bits per heavy atom. The summed E-state index contributed by atoms with van der Waals surface area (Å²) in [5, 5.41) is 0. The maximum Gasteiger partial charge on any atom is 0.292 e. The topological polar surface area (TPSA) is 12.2 Å². The third kappa shape index (κ3) is 3.34. The lowest BCUT2D eigenvalue weighted by molar-refractivity contribution is -0.476. The number of hydrogen-bond donors (Lipinski definition) is 0. The van der Waals surface area contributed by atoms with Crippen molar-refractivity contribution in [2.45, 2.75) is 19.3 Å². The molecule has 0 atom stereocenters. The molecule has 0 radical (unpaired) electrons. The van der Waals surface area contributed by atoms with Gasteiger partial charge in [0.15, 0.2) is 6.21 Å². The van der Waals surface area contributed by atoms with Gasteiger partial charge in [0.05, 0.1) is 5.56 Å². The zero-order valence-corrected chi connectivity index (χ0v) is 18.0. The minimum Gasteiger partial charge on any atom is -0.435 e. The molecule has 1 aliphatic heterocycles. The van der Waals surface area contributed by atoms with Gasteiger partial charge in [-0.3, -0.25) is 0 Å². The Kier molecular flexibility index (Phi) is 4.91. The van der Waals surface area contributed by atoms with Gasteiger partial charge in [-0.05, 0) is 31.0 Å². The number of ether oxygens (including phenoxy) is 1. The van der Waals surface area contributed by atoms with E-state index in [0.29, 0.717) is 6.73 Å². The normalized spacial score (nSPS) is 13.2. The lowest BCUT2D eigenvalue weighted by Crippen LogP contribution is -2.29. The summed E-state index contributed by atoms with van der Waals surface area (Å²) in [5.41, 5.74) is 6.87. The minimum absolute atomic E-state index is 0.327. The van der Waals surface area contributed by atoms with Gasteiger partial charge in [-0.15, -0.1) is 0 Å².